The third-order valence-corrected chi connectivity index (χ3v) is 3.93. The summed E-state index contributed by atoms with van der Waals surface area (Å²) in [4.78, 5) is 0. The fraction of sp³-hybridized carbons (Fsp3) is 0.385. The van der Waals surface area contributed by atoms with Gasteiger partial charge in [0.15, 0.2) is 11.5 Å². The molecule has 1 unspecified atom stereocenters. The van der Waals surface area contributed by atoms with Crippen molar-refractivity contribution in [1.82, 2.24) is 10.2 Å². The van der Waals surface area contributed by atoms with E-state index in [1.165, 1.54) is 11.3 Å². The Bertz CT molecular complexity index is 557. The van der Waals surface area contributed by atoms with Crippen LogP contribution in [0.2, 0.25) is 0 Å². The molecule has 1 atom stereocenters. The van der Waals surface area contributed by atoms with E-state index in [2.05, 4.69) is 10.2 Å². The van der Waals surface area contributed by atoms with Crippen LogP contribution < -0.4 is 15.2 Å². The van der Waals surface area contributed by atoms with Gasteiger partial charge in [0, 0.05) is 5.56 Å². The van der Waals surface area contributed by atoms with Crippen molar-refractivity contribution in [3.8, 4) is 22.1 Å². The van der Waals surface area contributed by atoms with Crippen LogP contribution in [0.5, 0.6) is 11.5 Å². The Hall–Kier alpha value is -1.66. The van der Waals surface area contributed by atoms with Gasteiger partial charge in [0.2, 0.25) is 0 Å². The summed E-state index contributed by atoms with van der Waals surface area (Å²) in [5.41, 5.74) is 6.90. The summed E-state index contributed by atoms with van der Waals surface area (Å²) in [6.45, 7) is 2.03. The van der Waals surface area contributed by atoms with Crippen LogP contribution >= 0.6 is 11.3 Å². The molecule has 0 saturated carbocycles. The molecule has 1 aromatic heterocycles. The number of rotatable bonds is 5. The van der Waals surface area contributed by atoms with Crippen LogP contribution in [-0.2, 0) is 0 Å². The second-order valence-corrected chi connectivity index (χ2v) is 5.04. The first-order chi connectivity index (χ1) is 9.19. The Balaban J connectivity index is 2.34. The van der Waals surface area contributed by atoms with Crippen molar-refractivity contribution < 1.29 is 9.47 Å². The van der Waals surface area contributed by atoms with Crippen molar-refractivity contribution in [2.75, 3.05) is 14.2 Å². The SMILES string of the molecule is CCC(N)c1nnc(-c2ccc(OC)c(OC)c2)s1. The molecule has 1 aromatic carbocycles. The Kier molecular flexibility index (Phi) is 4.34. The molecule has 102 valence electrons. The van der Waals surface area contributed by atoms with Crippen molar-refractivity contribution in [1.29, 1.82) is 0 Å². The zero-order valence-corrected chi connectivity index (χ0v) is 12.0. The minimum atomic E-state index is -0.0496. The molecular formula is C13H17N3O2S. The van der Waals surface area contributed by atoms with Gasteiger partial charge in [-0.15, -0.1) is 10.2 Å². The lowest BCUT2D eigenvalue weighted by Gasteiger charge is -2.07. The lowest BCUT2D eigenvalue weighted by Crippen LogP contribution is -2.07. The van der Waals surface area contributed by atoms with E-state index >= 15 is 0 Å². The van der Waals surface area contributed by atoms with Crippen LogP contribution in [0, 0.1) is 0 Å². The van der Waals surface area contributed by atoms with Crippen LogP contribution in [0.15, 0.2) is 18.2 Å². The monoisotopic (exact) mass is 279 g/mol. The lowest BCUT2D eigenvalue weighted by molar-refractivity contribution is 0.355. The van der Waals surface area contributed by atoms with Crippen molar-refractivity contribution in [2.24, 2.45) is 5.73 Å². The Morgan fingerprint density at radius 2 is 1.95 bits per heavy atom. The van der Waals surface area contributed by atoms with Gasteiger partial charge in [0.25, 0.3) is 0 Å². The van der Waals surface area contributed by atoms with E-state index in [1.54, 1.807) is 14.2 Å². The quantitative estimate of drug-likeness (QED) is 0.911. The second kappa shape index (κ2) is 5.99. The average Bonchev–Trinajstić information content (AvgIpc) is 2.95. The predicted molar refractivity (Wildman–Crippen MR) is 75.7 cm³/mol. The van der Waals surface area contributed by atoms with Gasteiger partial charge in [0.05, 0.1) is 20.3 Å². The molecule has 2 N–H and O–H groups in total. The highest BCUT2D eigenvalue weighted by Crippen LogP contribution is 2.34. The third-order valence-electron chi connectivity index (χ3n) is 2.83. The van der Waals surface area contributed by atoms with E-state index < -0.39 is 0 Å². The average molecular weight is 279 g/mol. The molecule has 19 heavy (non-hydrogen) atoms. The number of hydrogen-bond donors (Lipinski definition) is 1. The first-order valence-corrected chi connectivity index (χ1v) is 6.82. The molecular weight excluding hydrogens is 262 g/mol. The largest absolute Gasteiger partial charge is 0.493 e. The van der Waals surface area contributed by atoms with Gasteiger partial charge in [0.1, 0.15) is 10.0 Å². The van der Waals surface area contributed by atoms with Crippen LogP contribution in [0.25, 0.3) is 10.6 Å². The highest BCUT2D eigenvalue weighted by Gasteiger charge is 2.13. The number of nitrogens with two attached hydrogens (primary N) is 1. The summed E-state index contributed by atoms with van der Waals surface area (Å²) in [5, 5.41) is 10.00. The first-order valence-electron chi connectivity index (χ1n) is 6.01. The Morgan fingerprint density at radius 3 is 2.58 bits per heavy atom. The summed E-state index contributed by atoms with van der Waals surface area (Å²) in [6.07, 6.45) is 0.848. The highest BCUT2D eigenvalue weighted by molar-refractivity contribution is 7.14. The highest BCUT2D eigenvalue weighted by atomic mass is 32.1. The maximum Gasteiger partial charge on any atom is 0.161 e. The summed E-state index contributed by atoms with van der Waals surface area (Å²) >= 11 is 1.51. The predicted octanol–water partition coefficient (Wildman–Crippen LogP) is 2.63. The number of aromatic nitrogens is 2. The van der Waals surface area contributed by atoms with Gasteiger partial charge in [-0.3, -0.25) is 0 Å². The van der Waals surface area contributed by atoms with Crippen molar-refractivity contribution >= 4 is 11.3 Å². The molecule has 0 radical (unpaired) electrons. The minimum absolute atomic E-state index is 0.0496. The number of benzene rings is 1. The summed E-state index contributed by atoms with van der Waals surface area (Å²) in [6, 6.07) is 5.63. The standard InChI is InChI=1S/C13H17N3O2S/c1-4-9(14)13-16-15-12(19-13)8-5-6-10(17-2)11(7-8)18-3/h5-7,9H,4,14H2,1-3H3. The molecule has 2 rings (SSSR count). The van der Waals surface area contributed by atoms with E-state index in [4.69, 9.17) is 15.2 Å². The van der Waals surface area contributed by atoms with Crippen molar-refractivity contribution in [2.45, 2.75) is 19.4 Å². The normalized spacial score (nSPS) is 12.2. The van der Waals surface area contributed by atoms with Crippen molar-refractivity contribution in [3.05, 3.63) is 23.2 Å². The summed E-state index contributed by atoms with van der Waals surface area (Å²) in [7, 11) is 3.22. The molecule has 0 fully saturated rings. The maximum absolute atomic E-state index is 5.95. The summed E-state index contributed by atoms with van der Waals surface area (Å²) < 4.78 is 10.5. The van der Waals surface area contributed by atoms with Gasteiger partial charge in [-0.2, -0.15) is 0 Å². The van der Waals surface area contributed by atoms with Gasteiger partial charge in [-0.05, 0) is 24.6 Å². The Morgan fingerprint density at radius 1 is 1.21 bits per heavy atom. The molecule has 0 aliphatic heterocycles. The topological polar surface area (TPSA) is 70.3 Å². The van der Waals surface area contributed by atoms with Crippen LogP contribution in [0.3, 0.4) is 0 Å². The molecule has 0 bridgehead atoms. The fourth-order valence-corrected chi connectivity index (χ4v) is 2.57. The second-order valence-electron chi connectivity index (χ2n) is 4.03. The molecule has 0 aliphatic rings. The van der Waals surface area contributed by atoms with Crippen LogP contribution in [0.4, 0.5) is 0 Å². The molecule has 0 saturated heterocycles. The number of hydrogen-bond acceptors (Lipinski definition) is 6. The Labute approximate surface area is 116 Å². The third kappa shape index (κ3) is 2.85. The van der Waals surface area contributed by atoms with E-state index in [0.717, 1.165) is 22.0 Å². The molecule has 1 heterocycles. The lowest BCUT2D eigenvalue weighted by atomic mass is 10.2. The van der Waals surface area contributed by atoms with Gasteiger partial charge in [-0.25, -0.2) is 0 Å². The van der Waals surface area contributed by atoms with E-state index in [-0.39, 0.29) is 6.04 Å². The van der Waals surface area contributed by atoms with Gasteiger partial charge >= 0.3 is 0 Å². The number of methoxy groups -OCH3 is 2. The number of ether oxygens (including phenoxy) is 2. The zero-order valence-electron chi connectivity index (χ0n) is 11.2. The molecule has 5 nitrogen and oxygen atoms in total. The van der Waals surface area contributed by atoms with Crippen LogP contribution in [0.1, 0.15) is 24.4 Å². The number of nitrogens with zero attached hydrogens (tertiary/aromatic N) is 2. The zero-order chi connectivity index (χ0) is 13.8. The summed E-state index contributed by atoms with van der Waals surface area (Å²) in [5.74, 6) is 1.37. The molecule has 2 aromatic rings. The van der Waals surface area contributed by atoms with Gasteiger partial charge < -0.3 is 15.2 Å². The van der Waals surface area contributed by atoms with Crippen molar-refractivity contribution in [3.63, 3.8) is 0 Å². The van der Waals surface area contributed by atoms with E-state index in [9.17, 15) is 0 Å². The van der Waals surface area contributed by atoms with E-state index in [1.807, 2.05) is 25.1 Å². The molecule has 0 spiro atoms. The molecule has 6 heteroatoms. The maximum atomic E-state index is 5.95. The van der Waals surface area contributed by atoms with Crippen LogP contribution in [-0.4, -0.2) is 24.4 Å². The fourth-order valence-electron chi connectivity index (χ4n) is 1.64. The molecule has 0 aliphatic carbocycles. The molecule has 0 amide bonds. The van der Waals surface area contributed by atoms with E-state index in [0.29, 0.717) is 11.5 Å². The smallest absolute Gasteiger partial charge is 0.161 e. The first kappa shape index (κ1) is 13.8. The van der Waals surface area contributed by atoms with Gasteiger partial charge in [-0.1, -0.05) is 18.3 Å². The minimum Gasteiger partial charge on any atom is -0.493 e.